The van der Waals surface area contributed by atoms with Gasteiger partial charge in [0.05, 0.1) is 11.9 Å². The minimum Gasteiger partial charge on any atom is -0.342 e. The molecule has 0 bridgehead atoms. The molecule has 2 rings (SSSR count). The van der Waals surface area contributed by atoms with E-state index in [0.717, 1.165) is 28.0 Å². The van der Waals surface area contributed by atoms with Gasteiger partial charge in [-0.1, -0.05) is 35.0 Å². The van der Waals surface area contributed by atoms with Crippen molar-refractivity contribution in [1.29, 1.82) is 0 Å². The number of nitrogens with one attached hydrogen (secondary N) is 1. The van der Waals surface area contributed by atoms with Crippen molar-refractivity contribution in [2.75, 3.05) is 6.54 Å². The van der Waals surface area contributed by atoms with Crippen molar-refractivity contribution in [2.45, 2.75) is 13.3 Å². The Bertz CT molecular complexity index is 476. The lowest BCUT2D eigenvalue weighted by Gasteiger charge is -2.04. The van der Waals surface area contributed by atoms with Crippen molar-refractivity contribution in [3.63, 3.8) is 0 Å². The van der Waals surface area contributed by atoms with E-state index in [1.165, 1.54) is 0 Å². The molecule has 1 heterocycles. The summed E-state index contributed by atoms with van der Waals surface area (Å²) in [6.45, 7) is 2.82. The van der Waals surface area contributed by atoms with E-state index in [-0.39, 0.29) is 0 Å². The Morgan fingerprint density at radius 2 is 2.06 bits per heavy atom. The fraction of sp³-hybridized carbons (Fsp3) is 0.308. The summed E-state index contributed by atoms with van der Waals surface area (Å²) in [5.74, 6) is 1.46. The first-order valence-corrected chi connectivity index (χ1v) is 6.48. The molecule has 0 saturated heterocycles. The predicted octanol–water partition coefficient (Wildman–Crippen LogP) is 2.98. The zero-order valence-electron chi connectivity index (χ0n) is 9.78. The van der Waals surface area contributed by atoms with Crippen LogP contribution in [0.4, 0.5) is 0 Å². The molecule has 0 aliphatic carbocycles. The van der Waals surface area contributed by atoms with Crippen molar-refractivity contribution in [1.82, 2.24) is 9.97 Å². The highest BCUT2D eigenvalue weighted by molar-refractivity contribution is 9.10. The number of rotatable bonds is 4. The predicted molar refractivity (Wildman–Crippen MR) is 73.6 cm³/mol. The van der Waals surface area contributed by atoms with Crippen LogP contribution in [0.2, 0.25) is 0 Å². The molecule has 3 nitrogen and oxygen atoms in total. The Morgan fingerprint density at radius 3 is 2.71 bits per heavy atom. The maximum atomic E-state index is 5.61. The number of aromatic amines is 1. The molecule has 1 atom stereocenters. The third-order valence-corrected chi connectivity index (χ3v) is 3.26. The second-order valence-electron chi connectivity index (χ2n) is 4.30. The van der Waals surface area contributed by atoms with Gasteiger partial charge < -0.3 is 10.7 Å². The number of H-pyrrole nitrogens is 1. The van der Waals surface area contributed by atoms with Crippen LogP contribution in [0.25, 0.3) is 11.3 Å². The number of benzene rings is 1. The summed E-state index contributed by atoms with van der Waals surface area (Å²) < 4.78 is 1.08. The van der Waals surface area contributed by atoms with Gasteiger partial charge >= 0.3 is 0 Å². The van der Waals surface area contributed by atoms with E-state index in [0.29, 0.717) is 12.5 Å². The second kappa shape index (κ2) is 5.47. The quantitative estimate of drug-likeness (QED) is 0.911. The number of hydrogen-bond donors (Lipinski definition) is 2. The minimum atomic E-state index is 0.457. The van der Waals surface area contributed by atoms with Crippen molar-refractivity contribution >= 4 is 15.9 Å². The number of nitrogens with zero attached hydrogens (tertiary/aromatic N) is 1. The molecule has 0 aliphatic rings. The Kier molecular flexibility index (Phi) is 3.97. The van der Waals surface area contributed by atoms with Crippen LogP contribution >= 0.6 is 15.9 Å². The molecule has 3 N–H and O–H groups in total. The maximum Gasteiger partial charge on any atom is 0.106 e. The van der Waals surface area contributed by atoms with Crippen molar-refractivity contribution in [3.8, 4) is 11.3 Å². The summed E-state index contributed by atoms with van der Waals surface area (Å²) in [7, 11) is 0. The van der Waals surface area contributed by atoms with E-state index >= 15 is 0 Å². The second-order valence-corrected chi connectivity index (χ2v) is 5.21. The molecule has 4 heteroatoms. The van der Waals surface area contributed by atoms with Gasteiger partial charge in [-0.05, 0) is 30.2 Å². The van der Waals surface area contributed by atoms with Crippen LogP contribution < -0.4 is 5.73 Å². The lowest BCUT2D eigenvalue weighted by molar-refractivity contribution is 0.577. The molecule has 0 aliphatic heterocycles. The Labute approximate surface area is 110 Å². The summed E-state index contributed by atoms with van der Waals surface area (Å²) in [6, 6.07) is 8.18. The number of halogens is 1. The Morgan fingerprint density at radius 1 is 1.35 bits per heavy atom. The van der Waals surface area contributed by atoms with Crippen LogP contribution in [0.15, 0.2) is 34.9 Å². The standard InChI is InChI=1S/C13H16BrN3/c1-9(7-15)6-13-16-8-12(17-13)10-2-4-11(14)5-3-10/h2-5,8-9H,6-7,15H2,1H3,(H,16,17). The van der Waals surface area contributed by atoms with Gasteiger partial charge in [-0.2, -0.15) is 0 Å². The van der Waals surface area contributed by atoms with Gasteiger partial charge in [0.25, 0.3) is 0 Å². The highest BCUT2D eigenvalue weighted by Crippen LogP contribution is 2.20. The number of aromatic nitrogens is 2. The summed E-state index contributed by atoms with van der Waals surface area (Å²) in [5, 5.41) is 0. The van der Waals surface area contributed by atoms with Gasteiger partial charge in [0, 0.05) is 10.9 Å². The van der Waals surface area contributed by atoms with Gasteiger partial charge in [-0.15, -0.1) is 0 Å². The van der Waals surface area contributed by atoms with Gasteiger partial charge in [0.1, 0.15) is 5.82 Å². The molecular weight excluding hydrogens is 278 g/mol. The van der Waals surface area contributed by atoms with Gasteiger partial charge in [0.2, 0.25) is 0 Å². The molecule has 0 spiro atoms. The lowest BCUT2D eigenvalue weighted by Crippen LogP contribution is -2.13. The fourth-order valence-electron chi connectivity index (χ4n) is 1.66. The zero-order chi connectivity index (χ0) is 12.3. The molecular formula is C13H16BrN3. The average Bonchev–Trinajstić information content (AvgIpc) is 2.78. The van der Waals surface area contributed by atoms with Gasteiger partial charge in [-0.25, -0.2) is 4.98 Å². The van der Waals surface area contributed by atoms with E-state index in [4.69, 9.17) is 5.73 Å². The van der Waals surface area contributed by atoms with E-state index in [2.05, 4.69) is 45.0 Å². The minimum absolute atomic E-state index is 0.457. The van der Waals surface area contributed by atoms with Crippen LogP contribution in [0.1, 0.15) is 12.7 Å². The summed E-state index contributed by atoms with van der Waals surface area (Å²) >= 11 is 3.43. The van der Waals surface area contributed by atoms with Gasteiger partial charge in [-0.3, -0.25) is 0 Å². The smallest absolute Gasteiger partial charge is 0.106 e. The van der Waals surface area contributed by atoms with Crippen molar-refractivity contribution in [3.05, 3.63) is 40.8 Å². The molecule has 0 fully saturated rings. The molecule has 17 heavy (non-hydrogen) atoms. The first kappa shape index (κ1) is 12.3. The SMILES string of the molecule is CC(CN)Cc1ncc(-c2ccc(Br)cc2)[nH]1. The monoisotopic (exact) mass is 293 g/mol. The topological polar surface area (TPSA) is 54.7 Å². The largest absolute Gasteiger partial charge is 0.342 e. The zero-order valence-corrected chi connectivity index (χ0v) is 11.4. The van der Waals surface area contributed by atoms with E-state index in [1.807, 2.05) is 18.3 Å². The number of imidazole rings is 1. The summed E-state index contributed by atoms with van der Waals surface area (Å²) in [5.41, 5.74) is 7.81. The van der Waals surface area contributed by atoms with E-state index in [9.17, 15) is 0 Å². The van der Waals surface area contributed by atoms with Crippen molar-refractivity contribution < 1.29 is 0 Å². The van der Waals surface area contributed by atoms with Crippen LogP contribution in [-0.2, 0) is 6.42 Å². The van der Waals surface area contributed by atoms with Crippen LogP contribution in [0.5, 0.6) is 0 Å². The van der Waals surface area contributed by atoms with Crippen LogP contribution in [-0.4, -0.2) is 16.5 Å². The summed E-state index contributed by atoms with van der Waals surface area (Å²) in [4.78, 5) is 7.71. The maximum absolute atomic E-state index is 5.61. The van der Waals surface area contributed by atoms with Gasteiger partial charge in [0.15, 0.2) is 0 Å². The number of hydrogen-bond acceptors (Lipinski definition) is 2. The number of nitrogens with two attached hydrogens (primary N) is 1. The lowest BCUT2D eigenvalue weighted by atomic mass is 10.1. The Hall–Kier alpha value is -1.13. The molecule has 1 aromatic carbocycles. The highest BCUT2D eigenvalue weighted by atomic mass is 79.9. The summed E-state index contributed by atoms with van der Waals surface area (Å²) in [6.07, 6.45) is 2.77. The molecule has 90 valence electrons. The molecule has 0 saturated carbocycles. The normalized spacial score (nSPS) is 12.6. The molecule has 0 radical (unpaired) electrons. The average molecular weight is 294 g/mol. The molecule has 1 aromatic heterocycles. The van der Waals surface area contributed by atoms with Crippen LogP contribution in [0.3, 0.4) is 0 Å². The Balaban J connectivity index is 2.15. The third-order valence-electron chi connectivity index (χ3n) is 2.73. The fourth-order valence-corrected chi connectivity index (χ4v) is 1.92. The first-order valence-electron chi connectivity index (χ1n) is 5.69. The van der Waals surface area contributed by atoms with Crippen LogP contribution in [0, 0.1) is 5.92 Å². The molecule has 0 amide bonds. The molecule has 1 unspecified atom stereocenters. The first-order chi connectivity index (χ1) is 8.19. The van der Waals surface area contributed by atoms with Crippen molar-refractivity contribution in [2.24, 2.45) is 11.7 Å². The van der Waals surface area contributed by atoms with E-state index in [1.54, 1.807) is 0 Å². The highest BCUT2D eigenvalue weighted by Gasteiger charge is 2.06. The third kappa shape index (κ3) is 3.17. The van der Waals surface area contributed by atoms with E-state index < -0.39 is 0 Å². The molecule has 2 aromatic rings.